The molecule has 2 N–H and O–H groups in total. The molecule has 0 spiro atoms. The van der Waals surface area contributed by atoms with Crippen molar-refractivity contribution < 1.29 is 8.42 Å². The number of pyridine rings is 2. The van der Waals surface area contributed by atoms with E-state index in [-0.39, 0.29) is 11.7 Å². The maximum atomic E-state index is 13.0. The van der Waals surface area contributed by atoms with Gasteiger partial charge in [-0.2, -0.15) is 0 Å². The minimum Gasteiger partial charge on any atom is -0.346 e. The van der Waals surface area contributed by atoms with Crippen LogP contribution in [-0.2, 0) is 9.84 Å². The molecule has 2 aliphatic carbocycles. The van der Waals surface area contributed by atoms with Crippen LogP contribution in [-0.4, -0.2) is 41.0 Å². The van der Waals surface area contributed by atoms with Gasteiger partial charge in [-0.25, -0.2) is 13.4 Å². The lowest BCUT2D eigenvalue weighted by atomic mass is 9.77. The monoisotopic (exact) mass is 438 g/mol. The smallest absolute Gasteiger partial charge is 0.169 e. The number of aromatic nitrogens is 3. The van der Waals surface area contributed by atoms with E-state index in [0.717, 1.165) is 48.8 Å². The molecule has 0 aromatic carbocycles. The van der Waals surface area contributed by atoms with Crippen LogP contribution in [0.15, 0.2) is 43.4 Å². The molecule has 2 aliphatic rings. The summed E-state index contributed by atoms with van der Waals surface area (Å²) in [6.07, 6.45) is 13.4. The molecular weight excluding hydrogens is 408 g/mol. The molecule has 3 aromatic rings. The van der Waals surface area contributed by atoms with Gasteiger partial charge in [0.2, 0.25) is 0 Å². The predicted octanol–water partition coefficient (Wildman–Crippen LogP) is 4.31. The molecule has 7 heteroatoms. The Hall–Kier alpha value is -2.25. The largest absolute Gasteiger partial charge is 0.346 e. The first-order valence-corrected chi connectivity index (χ1v) is 13.0. The second-order valence-electron chi connectivity index (χ2n) is 9.16. The van der Waals surface area contributed by atoms with E-state index in [1.54, 1.807) is 0 Å². The Morgan fingerprint density at radius 2 is 1.97 bits per heavy atom. The zero-order valence-electron chi connectivity index (χ0n) is 17.8. The van der Waals surface area contributed by atoms with E-state index < -0.39 is 15.2 Å². The number of hydrogen-bond acceptors (Lipinski definition) is 5. The normalized spacial score (nSPS) is 23.2. The van der Waals surface area contributed by atoms with Gasteiger partial charge in [-0.15, -0.1) is 6.58 Å². The van der Waals surface area contributed by atoms with E-state index in [0.29, 0.717) is 11.8 Å². The first-order valence-electron chi connectivity index (χ1n) is 11.3. The number of nitrogens with zero attached hydrogens (tertiary/aromatic N) is 2. The van der Waals surface area contributed by atoms with Crippen molar-refractivity contribution in [1.29, 1.82) is 0 Å². The molecule has 2 fully saturated rings. The van der Waals surface area contributed by atoms with Crippen LogP contribution in [0.2, 0.25) is 0 Å². The topological polar surface area (TPSA) is 87.7 Å². The van der Waals surface area contributed by atoms with Crippen LogP contribution in [0, 0.1) is 11.8 Å². The molecule has 1 unspecified atom stereocenters. The predicted molar refractivity (Wildman–Crippen MR) is 125 cm³/mol. The summed E-state index contributed by atoms with van der Waals surface area (Å²) in [6, 6.07) is 4.21. The molecule has 0 amide bonds. The summed E-state index contributed by atoms with van der Waals surface area (Å²) in [5.41, 5.74) is 3.12. The minimum absolute atomic E-state index is 0.0444. The molecule has 3 heterocycles. The van der Waals surface area contributed by atoms with Gasteiger partial charge in [0.25, 0.3) is 0 Å². The number of nitrogens with one attached hydrogen (secondary N) is 2. The third-order valence-electron chi connectivity index (χ3n) is 7.00. The highest BCUT2D eigenvalue weighted by molar-refractivity contribution is 7.92. The first kappa shape index (κ1) is 20.6. The minimum atomic E-state index is -3.23. The Morgan fingerprint density at radius 1 is 1.16 bits per heavy atom. The van der Waals surface area contributed by atoms with Crippen molar-refractivity contribution >= 4 is 31.8 Å². The molecule has 0 aliphatic heterocycles. The molecule has 0 saturated heterocycles. The van der Waals surface area contributed by atoms with Crippen LogP contribution >= 0.6 is 0 Å². The van der Waals surface area contributed by atoms with Crippen LogP contribution in [0.4, 0.5) is 0 Å². The van der Waals surface area contributed by atoms with E-state index in [1.807, 2.05) is 18.6 Å². The van der Waals surface area contributed by atoms with Crippen molar-refractivity contribution in [3.8, 4) is 0 Å². The van der Waals surface area contributed by atoms with Gasteiger partial charge in [0.15, 0.2) is 9.84 Å². The zero-order valence-corrected chi connectivity index (χ0v) is 18.6. The van der Waals surface area contributed by atoms with Crippen LogP contribution in [0.3, 0.4) is 0 Å². The van der Waals surface area contributed by atoms with Gasteiger partial charge in [0.1, 0.15) is 11.0 Å². The number of fused-ring (bicyclic) bond motifs is 3. The Balaban J connectivity index is 1.38. The van der Waals surface area contributed by atoms with Crippen LogP contribution in [0.5, 0.6) is 0 Å². The Bertz CT molecular complexity index is 1190. The second kappa shape index (κ2) is 8.36. The summed E-state index contributed by atoms with van der Waals surface area (Å²) < 4.78 is 25.9. The lowest BCUT2D eigenvalue weighted by molar-refractivity contribution is 0.291. The molecule has 0 radical (unpaired) electrons. The number of rotatable bonds is 8. The van der Waals surface area contributed by atoms with Crippen molar-refractivity contribution in [2.24, 2.45) is 11.8 Å². The van der Waals surface area contributed by atoms with Gasteiger partial charge in [-0.1, -0.05) is 6.08 Å². The maximum absolute atomic E-state index is 13.0. The average molecular weight is 439 g/mol. The van der Waals surface area contributed by atoms with Crippen molar-refractivity contribution in [2.45, 2.75) is 49.8 Å². The number of hydrogen-bond donors (Lipinski definition) is 2. The first-order chi connectivity index (χ1) is 15.1. The molecule has 2 saturated carbocycles. The summed E-state index contributed by atoms with van der Waals surface area (Å²) in [4.78, 5) is 12.2. The van der Waals surface area contributed by atoms with Crippen LogP contribution < -0.4 is 5.32 Å². The number of sulfone groups is 1. The van der Waals surface area contributed by atoms with Gasteiger partial charge in [0, 0.05) is 23.2 Å². The van der Waals surface area contributed by atoms with Crippen molar-refractivity contribution in [1.82, 2.24) is 20.3 Å². The summed E-state index contributed by atoms with van der Waals surface area (Å²) in [5.74, 6) is 1.26. The van der Waals surface area contributed by atoms with E-state index in [2.05, 4.69) is 39.0 Å². The van der Waals surface area contributed by atoms with E-state index in [9.17, 15) is 8.42 Å². The lowest BCUT2D eigenvalue weighted by Crippen LogP contribution is -2.45. The SMILES string of the molecule is C=CCS(=O)(=O)C(NCC1CC1)C1CCC(c2ccnc3cnc4[nH]ccc4c23)CC1. The van der Waals surface area contributed by atoms with Crippen molar-refractivity contribution in [3.05, 3.63) is 48.9 Å². The van der Waals surface area contributed by atoms with Gasteiger partial charge < -0.3 is 10.3 Å². The Kier molecular flexibility index (Phi) is 5.56. The standard InChI is InChI=1S/C24H30N4O2S/c1-2-13-31(29,30)24(28-14-16-3-4-16)18-7-5-17(6-8-18)19-9-11-25-21-15-27-23-20(22(19)21)10-12-26-23/h2,9-12,15-18,24,28H,1,3-8,13-14H2,(H,26,27). The number of H-pyrrole nitrogens is 1. The van der Waals surface area contributed by atoms with Crippen molar-refractivity contribution in [2.75, 3.05) is 12.3 Å². The molecule has 5 rings (SSSR count). The van der Waals surface area contributed by atoms with E-state index in [4.69, 9.17) is 0 Å². The fraction of sp³-hybridized carbons (Fsp3) is 0.500. The van der Waals surface area contributed by atoms with Crippen LogP contribution in [0.25, 0.3) is 21.9 Å². The molecule has 1 atom stereocenters. The van der Waals surface area contributed by atoms with E-state index >= 15 is 0 Å². The maximum Gasteiger partial charge on any atom is 0.169 e. The molecule has 31 heavy (non-hydrogen) atoms. The van der Waals surface area contributed by atoms with Gasteiger partial charge in [-0.3, -0.25) is 4.98 Å². The van der Waals surface area contributed by atoms with E-state index in [1.165, 1.54) is 29.9 Å². The highest BCUT2D eigenvalue weighted by atomic mass is 32.2. The van der Waals surface area contributed by atoms with Gasteiger partial charge in [-0.05, 0) is 80.5 Å². The highest BCUT2D eigenvalue weighted by Crippen LogP contribution is 2.41. The van der Waals surface area contributed by atoms with Crippen molar-refractivity contribution in [3.63, 3.8) is 0 Å². The molecule has 0 bridgehead atoms. The summed E-state index contributed by atoms with van der Waals surface area (Å²) in [5, 5.41) is 5.26. The third-order valence-corrected chi connectivity index (χ3v) is 9.03. The highest BCUT2D eigenvalue weighted by Gasteiger charge is 2.37. The summed E-state index contributed by atoms with van der Waals surface area (Å²) in [7, 11) is -3.23. The Labute approximate surface area is 183 Å². The molecule has 6 nitrogen and oxygen atoms in total. The molecule has 3 aromatic heterocycles. The number of aromatic amines is 1. The van der Waals surface area contributed by atoms with Gasteiger partial charge >= 0.3 is 0 Å². The molecular formula is C24H30N4O2S. The third kappa shape index (κ3) is 4.13. The fourth-order valence-corrected chi connectivity index (χ4v) is 6.96. The quantitative estimate of drug-likeness (QED) is 0.512. The second-order valence-corrected chi connectivity index (χ2v) is 11.3. The fourth-order valence-electron chi connectivity index (χ4n) is 5.21. The average Bonchev–Trinajstić information content (AvgIpc) is 3.47. The zero-order chi connectivity index (χ0) is 21.4. The Morgan fingerprint density at radius 3 is 2.71 bits per heavy atom. The summed E-state index contributed by atoms with van der Waals surface area (Å²) >= 11 is 0. The van der Waals surface area contributed by atoms with Crippen LogP contribution in [0.1, 0.15) is 50.0 Å². The summed E-state index contributed by atoms with van der Waals surface area (Å²) in [6.45, 7) is 4.48. The lowest BCUT2D eigenvalue weighted by Gasteiger charge is -2.34. The van der Waals surface area contributed by atoms with Gasteiger partial charge in [0.05, 0.1) is 17.5 Å². The molecule has 164 valence electrons.